The van der Waals surface area contributed by atoms with Gasteiger partial charge in [-0.15, -0.1) is 10.2 Å². The average Bonchev–Trinajstić information content (AvgIpc) is 3.10. The molecule has 30 heavy (non-hydrogen) atoms. The van der Waals surface area contributed by atoms with Gasteiger partial charge in [-0.3, -0.25) is 4.79 Å². The van der Waals surface area contributed by atoms with Gasteiger partial charge >= 0.3 is 0 Å². The molecule has 0 radical (unpaired) electrons. The van der Waals surface area contributed by atoms with Crippen molar-refractivity contribution < 1.29 is 9.53 Å². The molecule has 8 heteroatoms. The Morgan fingerprint density at radius 3 is 2.83 bits per heavy atom. The number of nitrogens with two attached hydrogens (primary N) is 1. The molecule has 0 unspecified atom stereocenters. The standard InChI is InChI=1S/C22H31N5O2S/c1-15-9-10-19(16(2)12-15)29-13-20-24-25-22(27(20)23)30-14-21(28)26-11-5-7-17-6-3-4-8-18(17)26/h9-10,12,17-18H,3-8,11,13-14,23H2,1-2H3/t17-,18-/m0/s1. The number of hydrogen-bond acceptors (Lipinski definition) is 6. The van der Waals surface area contributed by atoms with Crippen LogP contribution in [0.3, 0.4) is 0 Å². The number of benzene rings is 1. The molecule has 2 aliphatic rings. The number of likely N-dealkylation sites (tertiary alicyclic amines) is 1. The number of piperidine rings is 1. The summed E-state index contributed by atoms with van der Waals surface area (Å²) in [7, 11) is 0. The summed E-state index contributed by atoms with van der Waals surface area (Å²) in [6.45, 7) is 5.18. The van der Waals surface area contributed by atoms with Crippen LogP contribution in [0.4, 0.5) is 0 Å². The van der Waals surface area contributed by atoms with E-state index < -0.39 is 0 Å². The monoisotopic (exact) mass is 429 g/mol. The number of aromatic nitrogens is 3. The first kappa shape index (κ1) is 21.0. The summed E-state index contributed by atoms with van der Waals surface area (Å²) in [4.78, 5) is 15.0. The fourth-order valence-corrected chi connectivity index (χ4v) is 5.51. The molecule has 2 atom stereocenters. The summed E-state index contributed by atoms with van der Waals surface area (Å²) in [5, 5.41) is 8.86. The van der Waals surface area contributed by atoms with Crippen LogP contribution in [0.25, 0.3) is 0 Å². The molecule has 2 aromatic rings. The summed E-state index contributed by atoms with van der Waals surface area (Å²) in [6.07, 6.45) is 7.34. The van der Waals surface area contributed by atoms with Crippen LogP contribution in [-0.2, 0) is 11.4 Å². The number of thioether (sulfide) groups is 1. The number of fused-ring (bicyclic) bond motifs is 1. The molecule has 1 aromatic heterocycles. The lowest BCUT2D eigenvalue weighted by Crippen LogP contribution is -2.50. The maximum atomic E-state index is 12.9. The van der Waals surface area contributed by atoms with Crippen molar-refractivity contribution in [3.05, 3.63) is 35.2 Å². The lowest BCUT2D eigenvalue weighted by molar-refractivity contribution is -0.134. The van der Waals surface area contributed by atoms with Crippen molar-refractivity contribution in [1.29, 1.82) is 0 Å². The largest absolute Gasteiger partial charge is 0.485 e. The molecule has 1 aliphatic carbocycles. The average molecular weight is 430 g/mol. The molecule has 2 N–H and O–H groups in total. The van der Waals surface area contributed by atoms with Gasteiger partial charge in [-0.25, -0.2) is 4.68 Å². The summed E-state index contributed by atoms with van der Waals surface area (Å²) < 4.78 is 7.30. The number of carbonyl (C=O) groups excluding carboxylic acids is 1. The minimum absolute atomic E-state index is 0.188. The fourth-order valence-electron chi connectivity index (χ4n) is 4.75. The highest BCUT2D eigenvalue weighted by Crippen LogP contribution is 2.35. The lowest BCUT2D eigenvalue weighted by atomic mass is 9.78. The number of hydrogen-bond donors (Lipinski definition) is 1. The number of rotatable bonds is 6. The number of nitrogen functional groups attached to an aromatic ring is 1. The van der Waals surface area contributed by atoms with Gasteiger partial charge in [0.25, 0.3) is 0 Å². The molecule has 7 nitrogen and oxygen atoms in total. The Morgan fingerprint density at radius 1 is 1.20 bits per heavy atom. The van der Waals surface area contributed by atoms with Crippen molar-refractivity contribution in [2.24, 2.45) is 5.92 Å². The van der Waals surface area contributed by atoms with E-state index in [0.717, 1.165) is 30.7 Å². The number of aryl methyl sites for hydroxylation is 2. The molecule has 2 fully saturated rings. The molecule has 1 amide bonds. The van der Waals surface area contributed by atoms with Gasteiger partial charge in [-0.05, 0) is 57.1 Å². The van der Waals surface area contributed by atoms with Gasteiger partial charge in [0.1, 0.15) is 12.4 Å². The van der Waals surface area contributed by atoms with Crippen LogP contribution < -0.4 is 10.6 Å². The zero-order chi connectivity index (χ0) is 21.1. The van der Waals surface area contributed by atoms with Gasteiger partial charge in [0.15, 0.2) is 5.82 Å². The van der Waals surface area contributed by atoms with Crippen LogP contribution in [-0.4, -0.2) is 44.0 Å². The predicted molar refractivity (Wildman–Crippen MR) is 118 cm³/mol. The summed E-state index contributed by atoms with van der Waals surface area (Å²) in [5.41, 5.74) is 2.26. The molecule has 162 valence electrons. The molecule has 1 saturated heterocycles. The molecular weight excluding hydrogens is 398 g/mol. The van der Waals surface area contributed by atoms with Crippen molar-refractivity contribution in [3.8, 4) is 5.75 Å². The first-order valence-corrected chi connectivity index (χ1v) is 11.8. The second-order valence-corrected chi connectivity index (χ2v) is 9.40. The zero-order valence-corrected chi connectivity index (χ0v) is 18.7. The third-order valence-corrected chi connectivity index (χ3v) is 7.24. The van der Waals surface area contributed by atoms with Crippen LogP contribution in [0.15, 0.2) is 23.4 Å². The highest BCUT2D eigenvalue weighted by Gasteiger charge is 2.35. The molecule has 0 spiro atoms. The predicted octanol–water partition coefficient (Wildman–Crippen LogP) is 3.46. The Labute approximate surface area is 182 Å². The van der Waals surface area contributed by atoms with E-state index in [1.807, 2.05) is 19.1 Å². The Kier molecular flexibility index (Phi) is 6.51. The van der Waals surface area contributed by atoms with Crippen molar-refractivity contribution in [3.63, 3.8) is 0 Å². The number of carbonyl (C=O) groups is 1. The van der Waals surface area contributed by atoms with E-state index in [2.05, 4.69) is 28.1 Å². The maximum absolute atomic E-state index is 12.9. The van der Waals surface area contributed by atoms with E-state index in [1.165, 1.54) is 47.7 Å². The molecule has 4 rings (SSSR count). The summed E-state index contributed by atoms with van der Waals surface area (Å²) in [6, 6.07) is 6.47. The van der Waals surface area contributed by atoms with Crippen LogP contribution in [0.2, 0.25) is 0 Å². The van der Waals surface area contributed by atoms with Gasteiger partial charge in [0.2, 0.25) is 11.1 Å². The van der Waals surface area contributed by atoms with Crippen molar-refractivity contribution in [2.75, 3.05) is 18.1 Å². The van der Waals surface area contributed by atoms with Gasteiger partial charge in [-0.2, -0.15) is 0 Å². The van der Waals surface area contributed by atoms with E-state index in [-0.39, 0.29) is 12.5 Å². The minimum Gasteiger partial charge on any atom is -0.485 e. The summed E-state index contributed by atoms with van der Waals surface area (Å²) in [5.74, 6) is 8.73. The van der Waals surface area contributed by atoms with E-state index in [1.54, 1.807) is 0 Å². The smallest absolute Gasteiger partial charge is 0.233 e. The molecule has 1 aliphatic heterocycles. The Morgan fingerprint density at radius 2 is 2.00 bits per heavy atom. The van der Waals surface area contributed by atoms with Crippen molar-refractivity contribution >= 4 is 17.7 Å². The molecule has 1 saturated carbocycles. The van der Waals surface area contributed by atoms with Crippen LogP contribution in [0, 0.1) is 19.8 Å². The Balaban J connectivity index is 1.33. The second kappa shape index (κ2) is 9.29. The van der Waals surface area contributed by atoms with E-state index in [0.29, 0.717) is 28.7 Å². The normalized spacial score (nSPS) is 21.3. The second-order valence-electron chi connectivity index (χ2n) is 8.46. The van der Waals surface area contributed by atoms with Crippen LogP contribution in [0.5, 0.6) is 5.75 Å². The SMILES string of the molecule is Cc1ccc(OCc2nnc(SCC(=O)N3CCC[C@@H]4CCCC[C@@H]43)n2N)c(C)c1. The highest BCUT2D eigenvalue weighted by atomic mass is 32.2. The molecular formula is C22H31N5O2S. The number of ether oxygens (including phenoxy) is 1. The van der Waals surface area contributed by atoms with Gasteiger partial charge < -0.3 is 15.5 Å². The lowest BCUT2D eigenvalue weighted by Gasteiger charge is -2.44. The number of nitrogens with zero attached hydrogens (tertiary/aromatic N) is 4. The zero-order valence-electron chi connectivity index (χ0n) is 17.8. The first-order chi connectivity index (χ1) is 14.5. The van der Waals surface area contributed by atoms with Crippen LogP contribution >= 0.6 is 11.8 Å². The molecule has 2 heterocycles. The Hall–Kier alpha value is -2.22. The number of amides is 1. The third kappa shape index (κ3) is 4.58. The first-order valence-electron chi connectivity index (χ1n) is 10.8. The Bertz CT molecular complexity index is 898. The molecule has 0 bridgehead atoms. The van der Waals surface area contributed by atoms with Gasteiger partial charge in [0, 0.05) is 12.6 Å². The van der Waals surface area contributed by atoms with Gasteiger partial charge in [-0.1, -0.05) is 42.3 Å². The maximum Gasteiger partial charge on any atom is 0.233 e. The van der Waals surface area contributed by atoms with E-state index in [4.69, 9.17) is 10.6 Å². The van der Waals surface area contributed by atoms with E-state index >= 15 is 0 Å². The minimum atomic E-state index is 0.188. The van der Waals surface area contributed by atoms with Crippen molar-refractivity contribution in [1.82, 2.24) is 19.8 Å². The molecule has 1 aromatic carbocycles. The van der Waals surface area contributed by atoms with E-state index in [9.17, 15) is 4.79 Å². The van der Waals surface area contributed by atoms with Gasteiger partial charge in [0.05, 0.1) is 5.75 Å². The van der Waals surface area contributed by atoms with Crippen LogP contribution in [0.1, 0.15) is 55.5 Å². The topological polar surface area (TPSA) is 86.3 Å². The fraction of sp³-hybridized carbons (Fsp3) is 0.591. The van der Waals surface area contributed by atoms with Crippen molar-refractivity contribution in [2.45, 2.75) is 70.2 Å². The third-order valence-electron chi connectivity index (χ3n) is 6.31. The quantitative estimate of drug-likeness (QED) is 0.559. The summed E-state index contributed by atoms with van der Waals surface area (Å²) >= 11 is 1.35. The highest BCUT2D eigenvalue weighted by molar-refractivity contribution is 7.99.